The fraction of sp³-hybridized carbons (Fsp3) is 0.310. The van der Waals surface area contributed by atoms with Crippen LogP contribution in [0.4, 0.5) is 0 Å². The number of halogens is 2. The second-order valence-electron chi connectivity index (χ2n) is 20.5. The van der Waals surface area contributed by atoms with Crippen LogP contribution in [0.25, 0.3) is 44.3 Å². The molecule has 6 aromatic carbocycles. The van der Waals surface area contributed by atoms with Crippen molar-refractivity contribution in [1.82, 2.24) is 19.9 Å². The Bertz CT molecular complexity index is 3740. The van der Waals surface area contributed by atoms with E-state index in [2.05, 4.69) is 9.97 Å². The quantitative estimate of drug-likeness (QED) is 0.0576. The van der Waals surface area contributed by atoms with Gasteiger partial charge in [0.25, 0.3) is 0 Å². The molecule has 18 heteroatoms. The molecule has 0 spiro atoms. The monoisotopic (exact) mass is 1100 g/mol. The van der Waals surface area contributed by atoms with Gasteiger partial charge in [-0.1, -0.05) is 83.9 Å². The molecule has 2 aliphatic carbocycles. The van der Waals surface area contributed by atoms with Crippen molar-refractivity contribution in [3.8, 4) is 33.8 Å². The largest absolute Gasteiger partial charge is 0.490 e. The van der Waals surface area contributed by atoms with E-state index in [1.807, 2.05) is 82.3 Å². The molecule has 0 saturated heterocycles. The first-order valence-corrected chi connectivity index (χ1v) is 29.4. The zero-order valence-corrected chi connectivity index (χ0v) is 45.5. The summed E-state index contributed by atoms with van der Waals surface area (Å²) in [4.78, 5) is 45.6. The van der Waals surface area contributed by atoms with Gasteiger partial charge in [-0.3, -0.25) is 9.59 Å². The molecular weight excluding hydrogens is 1050 g/mol. The number of ether oxygens (including phenoxy) is 3. The van der Waals surface area contributed by atoms with Gasteiger partial charge in [0.1, 0.15) is 17.3 Å². The summed E-state index contributed by atoms with van der Waals surface area (Å²) in [6, 6.07) is 34.3. The minimum Gasteiger partial charge on any atom is -0.490 e. The van der Waals surface area contributed by atoms with Gasteiger partial charge in [0.2, 0.25) is 11.5 Å². The van der Waals surface area contributed by atoms with Crippen molar-refractivity contribution in [1.29, 1.82) is 0 Å². The maximum atomic E-state index is 15.2. The third-order valence-corrected chi connectivity index (χ3v) is 18.1. The van der Waals surface area contributed by atoms with Gasteiger partial charge >= 0.3 is 5.97 Å². The van der Waals surface area contributed by atoms with Crippen molar-refractivity contribution in [3.63, 3.8) is 0 Å². The SMILES string of the molecule is CC(C)Oc1ccccc1-c1cc2nc(C(CC(=O)OC(CC(N)=O)(c3ccc(S(=O)(=O)CC4CC4)cc3)c3nc4cc(-c5ccccc5OC(C)C)c(Cl)cc4[nH]3)c3ccc(S(=O)(=O)CC4CC4)cc3)[nH]c2cc1Cl. The Labute approximate surface area is 451 Å². The van der Waals surface area contributed by atoms with Crippen molar-refractivity contribution in [2.75, 3.05) is 11.5 Å². The van der Waals surface area contributed by atoms with E-state index in [1.54, 1.807) is 30.3 Å². The predicted octanol–water partition coefficient (Wildman–Crippen LogP) is 11.9. The highest BCUT2D eigenvalue weighted by molar-refractivity contribution is 7.91. The molecule has 4 N–H and O–H groups in total. The molecule has 2 unspecified atom stereocenters. The van der Waals surface area contributed by atoms with E-state index in [0.29, 0.717) is 71.7 Å². The predicted molar refractivity (Wildman–Crippen MR) is 294 cm³/mol. The third-order valence-electron chi connectivity index (χ3n) is 13.7. The molecule has 76 heavy (non-hydrogen) atoms. The Kier molecular flexibility index (Phi) is 14.6. The summed E-state index contributed by atoms with van der Waals surface area (Å²) in [6.45, 7) is 7.72. The summed E-state index contributed by atoms with van der Waals surface area (Å²) in [6.07, 6.45) is 2.12. The van der Waals surface area contributed by atoms with E-state index < -0.39 is 55.9 Å². The summed E-state index contributed by atoms with van der Waals surface area (Å²) in [5.74, 6) is -0.764. The number of carbonyl (C=O) groups excluding carboxylic acids is 2. The minimum atomic E-state index is -3.68. The number of aromatic nitrogens is 4. The Morgan fingerprint density at radius 2 is 1.12 bits per heavy atom. The zero-order valence-electron chi connectivity index (χ0n) is 42.3. The number of rotatable bonds is 21. The van der Waals surface area contributed by atoms with Gasteiger partial charge in [0.15, 0.2) is 25.5 Å². The number of nitrogens with two attached hydrogens (primary N) is 1. The number of imidazole rings is 2. The Hall–Kier alpha value is -6.72. The number of nitrogens with zero attached hydrogens (tertiary/aromatic N) is 2. The molecule has 2 aromatic heterocycles. The number of esters is 1. The van der Waals surface area contributed by atoms with Crippen molar-refractivity contribution < 1.29 is 40.6 Å². The molecule has 2 fully saturated rings. The number of fused-ring (bicyclic) bond motifs is 2. The summed E-state index contributed by atoms with van der Waals surface area (Å²) < 4.78 is 72.9. The first-order chi connectivity index (χ1) is 36.2. The highest BCUT2D eigenvalue weighted by Gasteiger charge is 2.45. The molecule has 2 saturated carbocycles. The van der Waals surface area contributed by atoms with Crippen molar-refractivity contribution >= 4 is 76.8 Å². The number of sulfone groups is 2. The lowest BCUT2D eigenvalue weighted by molar-refractivity contribution is -0.159. The number of aromatic amines is 2. The van der Waals surface area contributed by atoms with Crippen LogP contribution in [0.5, 0.6) is 11.5 Å². The van der Waals surface area contributed by atoms with Gasteiger partial charge in [-0.2, -0.15) is 0 Å². The van der Waals surface area contributed by atoms with E-state index in [4.69, 9.17) is 53.1 Å². The van der Waals surface area contributed by atoms with Gasteiger partial charge < -0.3 is 29.9 Å². The lowest BCUT2D eigenvalue weighted by Crippen LogP contribution is -2.39. The van der Waals surface area contributed by atoms with Crippen molar-refractivity contribution in [3.05, 3.63) is 154 Å². The number of amides is 1. The molecule has 14 nitrogen and oxygen atoms in total. The number of H-pyrrole nitrogens is 2. The van der Waals surface area contributed by atoms with Crippen LogP contribution in [0.15, 0.2) is 131 Å². The van der Waals surface area contributed by atoms with Gasteiger partial charge in [0, 0.05) is 27.8 Å². The zero-order chi connectivity index (χ0) is 53.7. The number of benzene rings is 6. The molecule has 1 amide bonds. The normalized spacial score (nSPS) is 15.3. The number of hydrogen-bond acceptors (Lipinski definition) is 11. The highest BCUT2D eigenvalue weighted by atomic mass is 35.5. The Balaban J connectivity index is 1.08. The smallest absolute Gasteiger partial charge is 0.308 e. The second kappa shape index (κ2) is 21.0. The lowest BCUT2D eigenvalue weighted by atomic mass is 9.88. The first kappa shape index (κ1) is 52.7. The van der Waals surface area contributed by atoms with E-state index in [-0.39, 0.29) is 56.7 Å². The van der Waals surface area contributed by atoms with Crippen LogP contribution in [0, 0.1) is 11.8 Å². The van der Waals surface area contributed by atoms with E-state index >= 15 is 4.79 Å². The van der Waals surface area contributed by atoms with Crippen LogP contribution >= 0.6 is 23.2 Å². The minimum absolute atomic E-state index is 0.00424. The molecular formula is C58H57Cl2N5O9S2. The summed E-state index contributed by atoms with van der Waals surface area (Å²) in [5.41, 5.74) is 9.41. The van der Waals surface area contributed by atoms with Crippen LogP contribution in [0.1, 0.15) is 94.9 Å². The molecule has 2 atom stereocenters. The Morgan fingerprint density at radius 3 is 1.61 bits per heavy atom. The van der Waals surface area contributed by atoms with Crippen LogP contribution in [-0.2, 0) is 39.6 Å². The third kappa shape index (κ3) is 11.4. The number of nitrogens with one attached hydrogen (secondary N) is 2. The molecule has 10 rings (SSSR count). The molecule has 8 aromatic rings. The van der Waals surface area contributed by atoms with Crippen LogP contribution < -0.4 is 15.2 Å². The summed E-state index contributed by atoms with van der Waals surface area (Å²) in [7, 11) is -7.27. The average Bonchev–Trinajstić information content (AvgIpc) is 4.34. The Morgan fingerprint density at radius 1 is 0.645 bits per heavy atom. The molecule has 0 aliphatic heterocycles. The summed E-state index contributed by atoms with van der Waals surface area (Å²) in [5, 5.41) is 0.769. The number of para-hydroxylation sites is 2. The number of hydrogen-bond donors (Lipinski definition) is 3. The van der Waals surface area contributed by atoms with Gasteiger partial charge in [-0.05, 0) is 131 Å². The first-order valence-electron chi connectivity index (χ1n) is 25.3. The van der Waals surface area contributed by atoms with E-state index in [0.717, 1.165) is 31.2 Å². The van der Waals surface area contributed by atoms with Gasteiger partial charge in [-0.25, -0.2) is 26.8 Å². The van der Waals surface area contributed by atoms with Crippen molar-refractivity contribution in [2.45, 2.75) is 99.7 Å². The van der Waals surface area contributed by atoms with Gasteiger partial charge in [-0.15, -0.1) is 0 Å². The highest BCUT2D eigenvalue weighted by Crippen LogP contribution is 2.44. The molecule has 0 radical (unpaired) electrons. The topological polar surface area (TPSA) is 213 Å². The van der Waals surface area contributed by atoms with Crippen LogP contribution in [-0.4, -0.2) is 72.4 Å². The van der Waals surface area contributed by atoms with Crippen LogP contribution in [0.3, 0.4) is 0 Å². The van der Waals surface area contributed by atoms with E-state index in [9.17, 15) is 21.6 Å². The average molecular weight is 1100 g/mol. The van der Waals surface area contributed by atoms with Crippen LogP contribution in [0.2, 0.25) is 10.0 Å². The van der Waals surface area contributed by atoms with E-state index in [1.165, 1.54) is 36.4 Å². The second-order valence-corrected chi connectivity index (χ2v) is 25.4. The molecule has 394 valence electrons. The maximum Gasteiger partial charge on any atom is 0.308 e. The molecule has 2 aliphatic rings. The number of primary amides is 1. The fourth-order valence-corrected chi connectivity index (χ4v) is 13.6. The van der Waals surface area contributed by atoms with Gasteiger partial charge in [0.05, 0.1) is 84.4 Å². The molecule has 2 heterocycles. The van der Waals surface area contributed by atoms with Crippen molar-refractivity contribution in [2.24, 2.45) is 17.6 Å². The lowest BCUT2D eigenvalue weighted by Gasteiger charge is -2.32. The number of carbonyl (C=O) groups is 2. The fourth-order valence-electron chi connectivity index (χ4n) is 9.65. The standard InChI is InChI=1S/C58H57Cl2N5O9S2/c1-33(2)72-52-11-7-5-9-41(52)44-25-48-50(28-46(44)59)63-56(62-48)43(37-17-21-39(22-18-37)75(68,69)31-35-13-14-35)27-55(67)74-58(30-54(61)66,38-19-23-40(24-20-38)76(70,71)32-36-15-16-36)57-64-49-26-45(47(60)29-51(49)65-57)42-10-6-8-12-53(42)73-34(3)4/h5-12,17-26,28-29,33-36,43H,13-16,27,30-32H2,1-4H3,(H2,61,66)(H,62,63)(H,64,65). The molecule has 0 bridgehead atoms. The summed E-state index contributed by atoms with van der Waals surface area (Å²) >= 11 is 14.0. The maximum absolute atomic E-state index is 15.2.